The van der Waals surface area contributed by atoms with Gasteiger partial charge in [-0.3, -0.25) is 9.59 Å². The van der Waals surface area contributed by atoms with Crippen molar-refractivity contribution < 1.29 is 19.4 Å². The first-order chi connectivity index (χ1) is 8.10. The number of amides is 1. The minimum Gasteiger partial charge on any atom is -0.504 e. The number of ether oxygens (including phenoxy) is 1. The van der Waals surface area contributed by atoms with Gasteiger partial charge in [0, 0.05) is 12.6 Å². The van der Waals surface area contributed by atoms with Crippen molar-refractivity contribution in [2.24, 2.45) is 0 Å². The molecule has 0 bridgehead atoms. The van der Waals surface area contributed by atoms with Crippen molar-refractivity contribution in [1.29, 1.82) is 5.41 Å². The molecule has 6 heteroatoms. The lowest BCUT2D eigenvalue weighted by Crippen LogP contribution is -2.47. The van der Waals surface area contributed by atoms with Crippen molar-refractivity contribution in [3.63, 3.8) is 0 Å². The summed E-state index contributed by atoms with van der Waals surface area (Å²) >= 11 is 0. The molecule has 0 spiro atoms. The highest BCUT2D eigenvalue weighted by molar-refractivity contribution is 6.33. The van der Waals surface area contributed by atoms with Crippen LogP contribution in [-0.4, -0.2) is 53.7 Å². The Morgan fingerprint density at radius 3 is 2.88 bits per heavy atom. The lowest BCUT2D eigenvalue weighted by Gasteiger charge is -2.34. The number of rotatable bonds is 4. The van der Waals surface area contributed by atoms with Crippen molar-refractivity contribution in [3.8, 4) is 0 Å². The van der Waals surface area contributed by atoms with E-state index in [1.165, 1.54) is 0 Å². The topological polar surface area (TPSA) is 90.7 Å². The SMILES string of the molecule is CCC1COCCN1C(=O)/C=C(\O)C(=O)C=N. The lowest BCUT2D eigenvalue weighted by molar-refractivity contribution is -0.135. The Kier molecular flexibility index (Phi) is 4.84. The number of nitrogens with one attached hydrogen (secondary N) is 1. The Labute approximate surface area is 99.4 Å². The Morgan fingerprint density at radius 2 is 2.29 bits per heavy atom. The molecular formula is C11H16N2O4. The number of aliphatic hydroxyl groups is 1. The van der Waals surface area contributed by atoms with Crippen molar-refractivity contribution in [2.75, 3.05) is 19.8 Å². The van der Waals surface area contributed by atoms with Crippen LogP contribution in [0.5, 0.6) is 0 Å². The third kappa shape index (κ3) is 3.39. The summed E-state index contributed by atoms with van der Waals surface area (Å²) in [6, 6.07) is -0.0321. The zero-order valence-electron chi connectivity index (χ0n) is 9.68. The van der Waals surface area contributed by atoms with Gasteiger partial charge in [0.2, 0.25) is 5.78 Å². The minimum absolute atomic E-state index is 0.0321. The summed E-state index contributed by atoms with van der Waals surface area (Å²) in [5.74, 6) is -2.00. The van der Waals surface area contributed by atoms with Gasteiger partial charge in [-0.25, -0.2) is 0 Å². The summed E-state index contributed by atoms with van der Waals surface area (Å²) in [5, 5.41) is 15.9. The molecule has 0 aromatic rings. The van der Waals surface area contributed by atoms with Gasteiger partial charge < -0.3 is 20.2 Å². The number of nitrogens with zero attached hydrogens (tertiary/aromatic N) is 1. The van der Waals surface area contributed by atoms with Crippen molar-refractivity contribution in [1.82, 2.24) is 4.90 Å². The Balaban J connectivity index is 2.74. The number of hydrogen-bond acceptors (Lipinski definition) is 5. The predicted molar refractivity (Wildman–Crippen MR) is 61.1 cm³/mol. The van der Waals surface area contributed by atoms with E-state index in [0.29, 0.717) is 26.0 Å². The first kappa shape index (κ1) is 13.4. The van der Waals surface area contributed by atoms with E-state index in [0.717, 1.165) is 12.5 Å². The molecule has 1 atom stereocenters. The molecule has 1 aliphatic rings. The van der Waals surface area contributed by atoms with Gasteiger partial charge >= 0.3 is 0 Å². The first-order valence-electron chi connectivity index (χ1n) is 5.44. The van der Waals surface area contributed by atoms with E-state index < -0.39 is 17.4 Å². The van der Waals surface area contributed by atoms with Gasteiger partial charge in [-0.15, -0.1) is 0 Å². The van der Waals surface area contributed by atoms with E-state index in [-0.39, 0.29) is 6.04 Å². The molecular weight excluding hydrogens is 224 g/mol. The molecule has 1 rings (SSSR count). The van der Waals surface area contributed by atoms with Crippen LogP contribution in [0.3, 0.4) is 0 Å². The summed E-state index contributed by atoms with van der Waals surface area (Å²) in [4.78, 5) is 24.3. The molecule has 6 nitrogen and oxygen atoms in total. The lowest BCUT2D eigenvalue weighted by atomic mass is 10.1. The van der Waals surface area contributed by atoms with Gasteiger partial charge in [0.15, 0.2) is 5.76 Å². The smallest absolute Gasteiger partial charge is 0.250 e. The van der Waals surface area contributed by atoms with E-state index in [1.807, 2.05) is 6.92 Å². The largest absolute Gasteiger partial charge is 0.504 e. The van der Waals surface area contributed by atoms with E-state index in [4.69, 9.17) is 10.1 Å². The van der Waals surface area contributed by atoms with Gasteiger partial charge in [-0.2, -0.15) is 0 Å². The van der Waals surface area contributed by atoms with Crippen LogP contribution in [0.2, 0.25) is 0 Å². The van der Waals surface area contributed by atoms with Crippen molar-refractivity contribution >= 4 is 17.9 Å². The predicted octanol–water partition coefficient (Wildman–Crippen LogP) is 0.284. The fourth-order valence-electron chi connectivity index (χ4n) is 1.63. The molecule has 0 aromatic heterocycles. The number of allylic oxidation sites excluding steroid dienone is 1. The van der Waals surface area contributed by atoms with Gasteiger partial charge in [0.25, 0.3) is 5.91 Å². The third-order valence-electron chi connectivity index (χ3n) is 2.63. The molecule has 1 heterocycles. The normalized spacial score (nSPS) is 21.1. The number of ketones is 1. The summed E-state index contributed by atoms with van der Waals surface area (Å²) < 4.78 is 5.25. The quantitative estimate of drug-likeness (QED) is 0.419. The molecule has 94 valence electrons. The van der Waals surface area contributed by atoms with Crippen LogP contribution in [0.1, 0.15) is 13.3 Å². The number of aliphatic hydroxyl groups excluding tert-OH is 1. The average Bonchev–Trinajstić information content (AvgIpc) is 2.37. The maximum absolute atomic E-state index is 11.8. The molecule has 2 N–H and O–H groups in total. The molecule has 17 heavy (non-hydrogen) atoms. The zero-order chi connectivity index (χ0) is 12.8. The van der Waals surface area contributed by atoms with Crippen LogP contribution in [0.15, 0.2) is 11.8 Å². The Morgan fingerprint density at radius 1 is 1.59 bits per heavy atom. The Bertz CT molecular complexity index is 351. The van der Waals surface area contributed by atoms with Gasteiger partial charge in [-0.05, 0) is 6.42 Å². The average molecular weight is 240 g/mol. The monoisotopic (exact) mass is 240 g/mol. The highest BCUT2D eigenvalue weighted by Gasteiger charge is 2.25. The molecule has 1 amide bonds. The number of carbonyl (C=O) groups excluding carboxylic acids is 2. The van der Waals surface area contributed by atoms with Crippen LogP contribution >= 0.6 is 0 Å². The number of Topliss-reactive ketones (excluding diaryl/α,β-unsaturated/α-hetero) is 1. The molecule has 1 aliphatic heterocycles. The molecule has 1 saturated heterocycles. The summed E-state index contributed by atoms with van der Waals surface area (Å²) in [7, 11) is 0. The highest BCUT2D eigenvalue weighted by atomic mass is 16.5. The van der Waals surface area contributed by atoms with Crippen LogP contribution in [0.25, 0.3) is 0 Å². The third-order valence-corrected chi connectivity index (χ3v) is 2.63. The van der Waals surface area contributed by atoms with E-state index >= 15 is 0 Å². The summed E-state index contributed by atoms with van der Waals surface area (Å²) in [6.07, 6.45) is 2.08. The molecule has 1 unspecified atom stereocenters. The van der Waals surface area contributed by atoms with Crippen molar-refractivity contribution in [3.05, 3.63) is 11.8 Å². The van der Waals surface area contributed by atoms with Gasteiger partial charge in [0.05, 0.1) is 25.5 Å². The fourth-order valence-corrected chi connectivity index (χ4v) is 1.63. The first-order valence-corrected chi connectivity index (χ1v) is 5.44. The maximum atomic E-state index is 11.8. The van der Waals surface area contributed by atoms with Crippen LogP contribution in [0.4, 0.5) is 0 Å². The number of carbonyl (C=O) groups is 2. The maximum Gasteiger partial charge on any atom is 0.250 e. The van der Waals surface area contributed by atoms with Gasteiger partial charge in [0.1, 0.15) is 0 Å². The molecule has 0 aliphatic carbocycles. The fraction of sp³-hybridized carbons (Fsp3) is 0.545. The summed E-state index contributed by atoms with van der Waals surface area (Å²) in [5.41, 5.74) is 0. The second-order valence-corrected chi connectivity index (χ2v) is 3.71. The standard InChI is InChI=1S/C11H16N2O4/c1-2-8-7-17-4-3-13(8)11(16)5-9(14)10(15)6-12/h5-6,8,12,14H,2-4,7H2,1H3/b9-5-,12-6?. The van der Waals surface area contributed by atoms with Crippen LogP contribution < -0.4 is 0 Å². The number of morpholine rings is 1. The highest BCUT2D eigenvalue weighted by Crippen LogP contribution is 2.11. The van der Waals surface area contributed by atoms with Crippen LogP contribution in [-0.2, 0) is 14.3 Å². The van der Waals surface area contributed by atoms with Gasteiger partial charge in [-0.1, -0.05) is 6.92 Å². The zero-order valence-corrected chi connectivity index (χ0v) is 9.68. The number of hydrogen-bond donors (Lipinski definition) is 2. The second kappa shape index (κ2) is 6.15. The van der Waals surface area contributed by atoms with E-state index in [9.17, 15) is 14.7 Å². The minimum atomic E-state index is -0.875. The molecule has 0 aromatic carbocycles. The Hall–Kier alpha value is -1.69. The van der Waals surface area contributed by atoms with Crippen molar-refractivity contribution in [2.45, 2.75) is 19.4 Å². The molecule has 0 saturated carbocycles. The summed E-state index contributed by atoms with van der Waals surface area (Å²) in [6.45, 7) is 3.30. The molecule has 0 radical (unpaired) electrons. The van der Waals surface area contributed by atoms with E-state index in [2.05, 4.69) is 0 Å². The molecule has 1 fully saturated rings. The second-order valence-electron chi connectivity index (χ2n) is 3.71. The van der Waals surface area contributed by atoms with E-state index in [1.54, 1.807) is 4.90 Å². The van der Waals surface area contributed by atoms with Crippen LogP contribution in [0, 0.1) is 5.41 Å².